The van der Waals surface area contributed by atoms with Gasteiger partial charge in [0, 0.05) is 37.6 Å². The highest BCUT2D eigenvalue weighted by molar-refractivity contribution is 6.22. The third kappa shape index (κ3) is 4.65. The van der Waals surface area contributed by atoms with Gasteiger partial charge in [0.05, 0.1) is 0 Å². The number of hydrogen-bond acceptors (Lipinski definition) is 2. The summed E-state index contributed by atoms with van der Waals surface area (Å²) in [6, 6.07) is 32.3. The fourth-order valence-electron chi connectivity index (χ4n) is 5.84. The van der Waals surface area contributed by atoms with E-state index in [1.807, 2.05) is 0 Å². The number of nitrogens with zero attached hydrogens (tertiary/aromatic N) is 2. The Hall–Kier alpha value is -3.78. The molecule has 5 rings (SSSR count). The number of aryl methyl sites for hydroxylation is 2. The monoisotopic (exact) mass is 500 g/mol. The maximum Gasteiger partial charge on any atom is 0.0372 e. The van der Waals surface area contributed by atoms with Crippen molar-refractivity contribution >= 4 is 32.9 Å². The fourth-order valence-corrected chi connectivity index (χ4v) is 5.84. The van der Waals surface area contributed by atoms with E-state index in [9.17, 15) is 0 Å². The Morgan fingerprint density at radius 2 is 0.763 bits per heavy atom. The molecule has 5 aromatic carbocycles. The maximum absolute atomic E-state index is 2.44. The lowest BCUT2D eigenvalue weighted by Crippen LogP contribution is -2.21. The van der Waals surface area contributed by atoms with Gasteiger partial charge in [0.1, 0.15) is 0 Å². The van der Waals surface area contributed by atoms with Crippen LogP contribution in [0.5, 0.6) is 0 Å². The molecule has 0 aliphatic carbocycles. The van der Waals surface area contributed by atoms with Gasteiger partial charge in [-0.1, -0.05) is 71.8 Å². The zero-order valence-electron chi connectivity index (χ0n) is 23.8. The largest absolute Gasteiger partial charge is 0.372 e. The van der Waals surface area contributed by atoms with Crippen LogP contribution < -0.4 is 9.80 Å². The minimum absolute atomic E-state index is 0.994. The van der Waals surface area contributed by atoms with E-state index in [0.717, 1.165) is 26.2 Å². The summed E-state index contributed by atoms with van der Waals surface area (Å²) in [5, 5.41) is 5.25. The van der Waals surface area contributed by atoms with Gasteiger partial charge < -0.3 is 9.80 Å². The average molecular weight is 501 g/mol. The van der Waals surface area contributed by atoms with Crippen LogP contribution in [-0.4, -0.2) is 26.2 Å². The molecule has 2 nitrogen and oxygen atoms in total. The number of fused-ring (bicyclic) bond motifs is 2. The van der Waals surface area contributed by atoms with Crippen LogP contribution >= 0.6 is 0 Å². The lowest BCUT2D eigenvalue weighted by molar-refractivity contribution is 0.867. The van der Waals surface area contributed by atoms with E-state index in [-0.39, 0.29) is 0 Å². The van der Waals surface area contributed by atoms with Crippen LogP contribution in [0.4, 0.5) is 11.4 Å². The van der Waals surface area contributed by atoms with Gasteiger partial charge >= 0.3 is 0 Å². The summed E-state index contributed by atoms with van der Waals surface area (Å²) >= 11 is 0. The van der Waals surface area contributed by atoms with E-state index in [1.165, 1.54) is 66.3 Å². The normalized spacial score (nSPS) is 11.3. The zero-order valence-corrected chi connectivity index (χ0v) is 23.8. The predicted octanol–water partition coefficient (Wildman–Crippen LogP) is 9.64. The van der Waals surface area contributed by atoms with Crippen molar-refractivity contribution in [1.29, 1.82) is 0 Å². The quantitative estimate of drug-likeness (QED) is 0.196. The highest BCUT2D eigenvalue weighted by atomic mass is 15.1. The molecule has 2 heteroatoms. The van der Waals surface area contributed by atoms with E-state index in [2.05, 4.69) is 136 Å². The summed E-state index contributed by atoms with van der Waals surface area (Å²) in [6.07, 6.45) is 0. The van der Waals surface area contributed by atoms with Crippen LogP contribution in [0.15, 0.2) is 84.9 Å². The second-order valence-corrected chi connectivity index (χ2v) is 10.3. The van der Waals surface area contributed by atoms with Gasteiger partial charge in [0.15, 0.2) is 0 Å². The molecule has 0 spiro atoms. The lowest BCUT2D eigenvalue weighted by atomic mass is 9.85. The van der Waals surface area contributed by atoms with Crippen molar-refractivity contribution in [2.24, 2.45) is 0 Å². The third-order valence-corrected chi connectivity index (χ3v) is 8.02. The molecule has 194 valence electrons. The van der Waals surface area contributed by atoms with Gasteiger partial charge in [-0.05, 0) is 110 Å². The van der Waals surface area contributed by atoms with Crippen molar-refractivity contribution in [2.45, 2.75) is 41.5 Å². The summed E-state index contributed by atoms with van der Waals surface area (Å²) in [4.78, 5) is 4.88. The van der Waals surface area contributed by atoms with Gasteiger partial charge in [0.2, 0.25) is 0 Å². The molecule has 38 heavy (non-hydrogen) atoms. The van der Waals surface area contributed by atoms with Crippen LogP contribution in [0.2, 0.25) is 0 Å². The Bertz CT molecular complexity index is 1430. The van der Waals surface area contributed by atoms with Crippen molar-refractivity contribution in [3.8, 4) is 22.3 Å². The van der Waals surface area contributed by atoms with Crippen molar-refractivity contribution in [2.75, 3.05) is 36.0 Å². The number of anilines is 2. The first-order valence-corrected chi connectivity index (χ1v) is 14.2. The summed E-state index contributed by atoms with van der Waals surface area (Å²) < 4.78 is 0. The average Bonchev–Trinajstić information content (AvgIpc) is 2.94. The van der Waals surface area contributed by atoms with Crippen LogP contribution in [0, 0.1) is 13.8 Å². The number of hydrogen-bond donors (Lipinski definition) is 0. The van der Waals surface area contributed by atoms with E-state index in [4.69, 9.17) is 0 Å². The smallest absolute Gasteiger partial charge is 0.0372 e. The Labute approximate surface area is 228 Å². The summed E-state index contributed by atoms with van der Waals surface area (Å²) in [5.74, 6) is 0. The lowest BCUT2D eigenvalue weighted by Gasteiger charge is -2.25. The maximum atomic E-state index is 2.44. The Morgan fingerprint density at radius 1 is 0.421 bits per heavy atom. The Kier molecular flexibility index (Phi) is 7.42. The minimum atomic E-state index is 0.994. The SMILES string of the molecule is CCN(CC)c1ccc2c(-c3ccc(C)cc3)c3cc(N(CC)CC)ccc3c(-c3ccc(C)cc3)c2c1. The van der Waals surface area contributed by atoms with Gasteiger partial charge in [0.25, 0.3) is 0 Å². The Morgan fingerprint density at radius 3 is 1.08 bits per heavy atom. The predicted molar refractivity (Wildman–Crippen MR) is 169 cm³/mol. The first-order chi connectivity index (χ1) is 18.5. The summed E-state index contributed by atoms with van der Waals surface area (Å²) in [6.45, 7) is 17.2. The standard InChI is InChI=1S/C36H40N2/c1-7-37(8-2)29-19-21-31-33(23-29)35(27-15-11-25(5)12-16-27)32-22-20-30(38(9-3)10-4)24-34(32)36(31)28-17-13-26(6)14-18-28/h11-24H,7-10H2,1-6H3. The van der Waals surface area contributed by atoms with Gasteiger partial charge in [-0.15, -0.1) is 0 Å². The summed E-state index contributed by atoms with van der Waals surface area (Å²) in [7, 11) is 0. The van der Waals surface area contributed by atoms with E-state index in [0.29, 0.717) is 0 Å². The van der Waals surface area contributed by atoms with E-state index >= 15 is 0 Å². The first-order valence-electron chi connectivity index (χ1n) is 14.2. The molecule has 0 saturated heterocycles. The second-order valence-electron chi connectivity index (χ2n) is 10.3. The first kappa shape index (κ1) is 25.9. The number of rotatable bonds is 8. The van der Waals surface area contributed by atoms with Crippen molar-refractivity contribution < 1.29 is 0 Å². The molecule has 5 aromatic rings. The van der Waals surface area contributed by atoms with Crippen molar-refractivity contribution in [3.05, 3.63) is 96.1 Å². The topological polar surface area (TPSA) is 6.48 Å². The highest BCUT2D eigenvalue weighted by Gasteiger charge is 2.19. The molecule has 0 amide bonds. The molecule has 0 heterocycles. The van der Waals surface area contributed by atoms with Crippen LogP contribution in [0.3, 0.4) is 0 Å². The molecule has 0 saturated carbocycles. The van der Waals surface area contributed by atoms with Crippen molar-refractivity contribution in [1.82, 2.24) is 0 Å². The van der Waals surface area contributed by atoms with Crippen LogP contribution in [0.1, 0.15) is 38.8 Å². The van der Waals surface area contributed by atoms with E-state index < -0.39 is 0 Å². The molecular weight excluding hydrogens is 460 g/mol. The van der Waals surface area contributed by atoms with Gasteiger partial charge in [-0.3, -0.25) is 0 Å². The highest BCUT2D eigenvalue weighted by Crippen LogP contribution is 2.45. The van der Waals surface area contributed by atoms with Gasteiger partial charge in [-0.25, -0.2) is 0 Å². The molecule has 0 N–H and O–H groups in total. The molecule has 0 aliphatic rings. The van der Waals surface area contributed by atoms with Crippen molar-refractivity contribution in [3.63, 3.8) is 0 Å². The van der Waals surface area contributed by atoms with Gasteiger partial charge in [-0.2, -0.15) is 0 Å². The summed E-state index contributed by atoms with van der Waals surface area (Å²) in [5.41, 5.74) is 10.3. The molecule has 0 atom stereocenters. The Balaban J connectivity index is 1.96. The molecule has 0 bridgehead atoms. The van der Waals surface area contributed by atoms with E-state index in [1.54, 1.807) is 0 Å². The molecule has 0 radical (unpaired) electrons. The van der Waals surface area contributed by atoms with Crippen LogP contribution in [-0.2, 0) is 0 Å². The second kappa shape index (κ2) is 10.9. The molecular formula is C36H40N2. The molecule has 0 unspecified atom stereocenters. The molecule has 0 fully saturated rings. The molecule has 0 aromatic heterocycles. The fraction of sp³-hybridized carbons (Fsp3) is 0.278. The third-order valence-electron chi connectivity index (χ3n) is 8.02. The molecule has 0 aliphatic heterocycles. The minimum Gasteiger partial charge on any atom is -0.372 e. The number of benzene rings is 5. The zero-order chi connectivity index (χ0) is 26.8. The van der Waals surface area contributed by atoms with Crippen LogP contribution in [0.25, 0.3) is 43.8 Å².